The summed E-state index contributed by atoms with van der Waals surface area (Å²) in [6, 6.07) is 0. The van der Waals surface area contributed by atoms with Gasteiger partial charge in [-0.25, -0.2) is 5.06 Å². The molecule has 74 valence electrons. The summed E-state index contributed by atoms with van der Waals surface area (Å²) < 4.78 is 10.3. The summed E-state index contributed by atoms with van der Waals surface area (Å²) in [5.41, 5.74) is 0. The van der Waals surface area contributed by atoms with Crippen LogP contribution in [0, 0.1) is 0 Å². The van der Waals surface area contributed by atoms with Crippen molar-refractivity contribution in [3.63, 3.8) is 0 Å². The molecule has 0 heterocycles. The van der Waals surface area contributed by atoms with Crippen LogP contribution in [0.15, 0.2) is 0 Å². The van der Waals surface area contributed by atoms with Gasteiger partial charge in [-0.15, -0.1) is 0 Å². The van der Waals surface area contributed by atoms with Crippen LogP contribution in [0.1, 0.15) is 14.8 Å². The van der Waals surface area contributed by atoms with Gasteiger partial charge >= 0.3 is 37.2 Å². The third-order valence-corrected chi connectivity index (χ3v) is 2.08. The molecular weight excluding hydrogens is 208 g/mol. The Balaban J connectivity index is -0.000000605. The number of hydroxylamine groups is 2. The van der Waals surface area contributed by atoms with Crippen LogP contribution < -0.4 is 29.6 Å². The number of carbonyl (C=O) groups excluding carboxylic acids is 1. The van der Waals surface area contributed by atoms with E-state index in [-0.39, 0.29) is 50.1 Å². The fourth-order valence-corrected chi connectivity index (χ4v) is 1.14. The van der Waals surface area contributed by atoms with E-state index in [1.807, 2.05) is 0 Å². The third kappa shape index (κ3) is 10.5. The van der Waals surface area contributed by atoms with Crippen LogP contribution in [0.4, 0.5) is 0 Å². The first-order valence-corrected chi connectivity index (χ1v) is 5.14. The Morgan fingerprint density at radius 2 is 2.00 bits per heavy atom. The number of amides is 1. The predicted molar refractivity (Wildman–Crippen MR) is 41.8 cm³/mol. The molecule has 13 heavy (non-hydrogen) atoms. The van der Waals surface area contributed by atoms with Gasteiger partial charge in [-0.1, -0.05) is 0 Å². The third-order valence-electron chi connectivity index (χ3n) is 1.18. The van der Waals surface area contributed by atoms with Crippen LogP contribution >= 0.6 is 7.60 Å². The summed E-state index contributed by atoms with van der Waals surface area (Å²) in [4.78, 5) is 27.2. The number of carbonyl (C=O) groups is 1. The first kappa shape index (κ1) is 16.0. The van der Waals surface area contributed by atoms with Crippen LogP contribution in [0.25, 0.3) is 0 Å². The number of nitrogens with zero attached hydrogens (tertiary/aromatic N) is 1. The summed E-state index contributed by atoms with van der Waals surface area (Å²) >= 11 is 0. The van der Waals surface area contributed by atoms with Crippen LogP contribution in [-0.4, -0.2) is 38.7 Å². The Kier molecular flexibility index (Phi) is 8.57. The molecule has 8 heteroatoms. The molecule has 0 unspecified atom stereocenters. The Bertz CT molecular complexity index is 210. The maximum atomic E-state index is 10.4. The van der Waals surface area contributed by atoms with Crippen LogP contribution in [0.3, 0.4) is 0 Å². The van der Waals surface area contributed by atoms with Crippen molar-refractivity contribution in [2.45, 2.75) is 13.3 Å². The van der Waals surface area contributed by atoms with E-state index in [0.717, 1.165) is 6.92 Å². The number of rotatable bonds is 4. The molecular formula is C5H13NNaO5P. The van der Waals surface area contributed by atoms with Crippen LogP contribution in [0.5, 0.6) is 0 Å². The molecule has 1 amide bonds. The average Bonchev–Trinajstić information content (AvgIpc) is 1.84. The molecule has 0 aliphatic rings. The van der Waals surface area contributed by atoms with E-state index in [1.54, 1.807) is 0 Å². The van der Waals surface area contributed by atoms with Crippen molar-refractivity contribution in [1.29, 1.82) is 0 Å². The molecule has 0 atom stereocenters. The van der Waals surface area contributed by atoms with Gasteiger partial charge < -0.3 is 11.2 Å². The summed E-state index contributed by atoms with van der Waals surface area (Å²) in [6.07, 6.45) is -0.238. The molecule has 0 aliphatic heterocycles. The van der Waals surface area contributed by atoms with Gasteiger partial charge in [0.05, 0.1) is 6.16 Å². The molecule has 0 bridgehead atoms. The van der Waals surface area contributed by atoms with Crippen molar-refractivity contribution in [1.82, 2.24) is 5.06 Å². The van der Waals surface area contributed by atoms with Crippen molar-refractivity contribution in [3.05, 3.63) is 0 Å². The maximum absolute atomic E-state index is 10.4. The fourth-order valence-electron chi connectivity index (χ4n) is 0.584. The fraction of sp³-hybridized carbons (Fsp3) is 0.800. The number of hydrogen-bond donors (Lipinski definition) is 3. The second-order valence-corrected chi connectivity index (χ2v) is 4.16. The first-order chi connectivity index (χ1) is 5.33. The van der Waals surface area contributed by atoms with E-state index in [2.05, 4.69) is 0 Å². The monoisotopic (exact) mass is 221 g/mol. The largest absolute Gasteiger partial charge is 1.00 e. The van der Waals surface area contributed by atoms with E-state index in [0.29, 0.717) is 5.06 Å². The van der Waals surface area contributed by atoms with Crippen molar-refractivity contribution < 1.29 is 55.3 Å². The molecule has 6 nitrogen and oxygen atoms in total. The zero-order valence-electron chi connectivity index (χ0n) is 8.67. The Morgan fingerprint density at radius 3 is 2.31 bits per heavy atom. The Morgan fingerprint density at radius 1 is 1.54 bits per heavy atom. The molecule has 0 radical (unpaired) electrons. The van der Waals surface area contributed by atoms with Crippen molar-refractivity contribution in [3.8, 4) is 0 Å². The summed E-state index contributed by atoms with van der Waals surface area (Å²) in [6.45, 7) is 1.11. The van der Waals surface area contributed by atoms with Gasteiger partial charge in [0.1, 0.15) is 0 Å². The van der Waals surface area contributed by atoms with Crippen molar-refractivity contribution >= 4 is 13.5 Å². The summed E-state index contributed by atoms with van der Waals surface area (Å²) in [7, 11) is -4.00. The SMILES string of the molecule is CC(=O)N(O)CCCP(=O)(O)O.[H-].[Na+]. The van der Waals surface area contributed by atoms with Gasteiger partial charge in [-0.05, 0) is 6.42 Å². The summed E-state index contributed by atoms with van der Waals surface area (Å²) in [5.74, 6) is -0.541. The zero-order valence-corrected chi connectivity index (χ0v) is 10.6. The standard InChI is InChI=1S/C5H12NO5P.Na.H/c1-5(7)6(8)3-2-4-12(9,10)11;;/h8H,2-4H2,1H3,(H2,9,10,11);;/q;+1;-1. The zero-order chi connectivity index (χ0) is 9.78. The van der Waals surface area contributed by atoms with E-state index in [4.69, 9.17) is 15.0 Å². The topological polar surface area (TPSA) is 98.1 Å². The average molecular weight is 221 g/mol. The number of hydrogen-bond acceptors (Lipinski definition) is 3. The van der Waals surface area contributed by atoms with Gasteiger partial charge in [0, 0.05) is 13.5 Å². The van der Waals surface area contributed by atoms with Gasteiger partial charge in [-0.2, -0.15) is 0 Å². The molecule has 0 rings (SSSR count). The maximum Gasteiger partial charge on any atom is 1.00 e. The molecule has 3 N–H and O–H groups in total. The van der Waals surface area contributed by atoms with Crippen LogP contribution in [0.2, 0.25) is 0 Å². The van der Waals surface area contributed by atoms with Gasteiger partial charge in [0.15, 0.2) is 0 Å². The molecule has 0 spiro atoms. The molecule has 0 aromatic rings. The molecule has 0 aliphatic carbocycles. The van der Waals surface area contributed by atoms with Gasteiger partial charge in [-0.3, -0.25) is 14.6 Å². The van der Waals surface area contributed by atoms with Gasteiger partial charge in [0.2, 0.25) is 5.91 Å². The predicted octanol–water partition coefficient (Wildman–Crippen LogP) is -3.09. The second-order valence-electron chi connectivity index (χ2n) is 2.38. The molecule has 0 saturated carbocycles. The van der Waals surface area contributed by atoms with E-state index >= 15 is 0 Å². The molecule has 0 aromatic heterocycles. The van der Waals surface area contributed by atoms with Crippen molar-refractivity contribution in [2.75, 3.05) is 12.7 Å². The van der Waals surface area contributed by atoms with E-state index in [1.165, 1.54) is 0 Å². The normalized spacial score (nSPS) is 10.5. The summed E-state index contributed by atoms with van der Waals surface area (Å²) in [5, 5.41) is 9.18. The molecule has 0 fully saturated rings. The Hall–Kier alpha value is 0.580. The molecule has 0 saturated heterocycles. The minimum absolute atomic E-state index is 0. The quantitative estimate of drug-likeness (QED) is 0.202. The van der Waals surface area contributed by atoms with Gasteiger partial charge in [0.25, 0.3) is 0 Å². The molecule has 0 aromatic carbocycles. The smallest absolute Gasteiger partial charge is 1.00 e. The first-order valence-electron chi connectivity index (χ1n) is 3.34. The Labute approximate surface area is 99.8 Å². The minimum atomic E-state index is -4.00. The van der Waals surface area contributed by atoms with E-state index < -0.39 is 13.5 Å². The minimum Gasteiger partial charge on any atom is -1.00 e. The van der Waals surface area contributed by atoms with Crippen molar-refractivity contribution in [2.24, 2.45) is 0 Å². The van der Waals surface area contributed by atoms with E-state index in [9.17, 15) is 9.36 Å². The second kappa shape index (κ2) is 6.95. The van der Waals surface area contributed by atoms with Crippen LogP contribution in [-0.2, 0) is 9.36 Å².